The Kier molecular flexibility index (Phi) is 3.96. The number of terminal acetylenes is 1. The Balaban J connectivity index is 2.73. The number of rotatable bonds is 5. The topological polar surface area (TPSA) is 44.1 Å². The molecule has 0 heterocycles. The third-order valence-electron chi connectivity index (χ3n) is 3.17. The van der Waals surface area contributed by atoms with Gasteiger partial charge in [0.25, 0.3) is 0 Å². The largest absolute Gasteiger partial charge is 0.330 e. The van der Waals surface area contributed by atoms with Crippen molar-refractivity contribution in [2.24, 2.45) is 11.3 Å². The monoisotopic (exact) mass is 218 g/mol. The molecule has 0 spiro atoms. The van der Waals surface area contributed by atoms with E-state index in [4.69, 9.17) is 11.7 Å². The maximum atomic E-state index is 12.2. The highest BCUT2D eigenvalue weighted by molar-refractivity contribution is 5.85. The van der Waals surface area contributed by atoms with Gasteiger partial charge in [-0.15, -0.1) is 6.42 Å². The lowest BCUT2D eigenvalue weighted by atomic mass is 9.87. The molecule has 1 saturated carbocycles. The van der Waals surface area contributed by atoms with Crippen LogP contribution in [0.1, 0.15) is 33.1 Å². The van der Waals surface area contributed by atoms with Gasteiger partial charge >= 0.3 is 0 Å². The molecule has 1 atom stereocenters. The number of nitriles is 1. The molecule has 0 aromatic heterocycles. The Bertz CT molecular complexity index is 346. The summed E-state index contributed by atoms with van der Waals surface area (Å²) in [5, 5.41) is 9.07. The van der Waals surface area contributed by atoms with Crippen molar-refractivity contribution in [3.63, 3.8) is 0 Å². The first-order valence-corrected chi connectivity index (χ1v) is 5.71. The van der Waals surface area contributed by atoms with Crippen molar-refractivity contribution in [1.29, 1.82) is 5.26 Å². The van der Waals surface area contributed by atoms with Gasteiger partial charge in [0.05, 0.1) is 12.6 Å². The van der Waals surface area contributed by atoms with E-state index in [1.165, 1.54) is 12.8 Å². The number of carbonyl (C=O) groups excluding carboxylic acids is 1. The Hall–Kier alpha value is -1.48. The third kappa shape index (κ3) is 2.76. The van der Waals surface area contributed by atoms with Gasteiger partial charge in [0.1, 0.15) is 5.41 Å². The highest BCUT2D eigenvalue weighted by Gasteiger charge is 2.37. The zero-order valence-electron chi connectivity index (χ0n) is 9.99. The highest BCUT2D eigenvalue weighted by atomic mass is 16.2. The van der Waals surface area contributed by atoms with Crippen molar-refractivity contribution in [2.75, 3.05) is 13.1 Å². The van der Waals surface area contributed by atoms with Crippen LogP contribution in [0.2, 0.25) is 0 Å². The molecule has 1 aliphatic rings. The van der Waals surface area contributed by atoms with Gasteiger partial charge in [0, 0.05) is 6.54 Å². The Morgan fingerprint density at radius 3 is 2.62 bits per heavy atom. The first-order chi connectivity index (χ1) is 7.57. The summed E-state index contributed by atoms with van der Waals surface area (Å²) in [6, 6.07) is 2.10. The zero-order chi connectivity index (χ0) is 12.2. The van der Waals surface area contributed by atoms with Gasteiger partial charge < -0.3 is 4.90 Å². The summed E-state index contributed by atoms with van der Waals surface area (Å²) in [6.07, 6.45) is 8.13. The van der Waals surface area contributed by atoms with Gasteiger partial charge in [-0.3, -0.25) is 4.79 Å². The van der Waals surface area contributed by atoms with Crippen molar-refractivity contribution in [3.8, 4) is 18.4 Å². The Morgan fingerprint density at radius 2 is 2.25 bits per heavy atom. The van der Waals surface area contributed by atoms with Gasteiger partial charge in [-0.05, 0) is 32.1 Å². The quantitative estimate of drug-likeness (QED) is 0.660. The first-order valence-electron chi connectivity index (χ1n) is 5.71. The van der Waals surface area contributed by atoms with Crippen LogP contribution < -0.4 is 0 Å². The molecule has 16 heavy (non-hydrogen) atoms. The van der Waals surface area contributed by atoms with E-state index in [2.05, 4.69) is 12.0 Å². The number of amides is 1. The summed E-state index contributed by atoms with van der Waals surface area (Å²) < 4.78 is 0. The summed E-state index contributed by atoms with van der Waals surface area (Å²) in [7, 11) is 0. The summed E-state index contributed by atoms with van der Waals surface area (Å²) >= 11 is 0. The minimum Gasteiger partial charge on any atom is -0.330 e. The standard InChI is InChI=1S/C13H18N2O/c1-4-8-15(9-11-6-7-11)12(16)13(3,5-2)10-14/h1,11H,5-9H2,2-3H3. The van der Waals surface area contributed by atoms with Crippen LogP contribution in [-0.2, 0) is 4.79 Å². The minimum atomic E-state index is -0.925. The van der Waals surface area contributed by atoms with Crippen LogP contribution >= 0.6 is 0 Å². The van der Waals surface area contributed by atoms with Crippen LogP contribution in [0.5, 0.6) is 0 Å². The van der Waals surface area contributed by atoms with Gasteiger partial charge in [-0.25, -0.2) is 0 Å². The van der Waals surface area contributed by atoms with E-state index in [-0.39, 0.29) is 5.91 Å². The third-order valence-corrected chi connectivity index (χ3v) is 3.17. The van der Waals surface area contributed by atoms with Gasteiger partial charge in [-0.1, -0.05) is 12.8 Å². The number of hydrogen-bond acceptors (Lipinski definition) is 2. The lowest BCUT2D eigenvalue weighted by Gasteiger charge is -2.28. The summed E-state index contributed by atoms with van der Waals surface area (Å²) in [5.74, 6) is 2.97. The van der Waals surface area contributed by atoms with Crippen molar-refractivity contribution in [3.05, 3.63) is 0 Å². The van der Waals surface area contributed by atoms with E-state index < -0.39 is 5.41 Å². The number of hydrogen-bond donors (Lipinski definition) is 0. The lowest BCUT2D eigenvalue weighted by Crippen LogP contribution is -2.42. The van der Waals surface area contributed by atoms with E-state index >= 15 is 0 Å². The van der Waals surface area contributed by atoms with E-state index in [0.29, 0.717) is 25.4 Å². The van der Waals surface area contributed by atoms with E-state index in [0.717, 1.165) is 0 Å². The summed E-state index contributed by atoms with van der Waals surface area (Å²) in [4.78, 5) is 13.8. The highest BCUT2D eigenvalue weighted by Crippen LogP contribution is 2.31. The molecule has 1 rings (SSSR count). The first kappa shape index (κ1) is 12.6. The van der Waals surface area contributed by atoms with Gasteiger partial charge in [-0.2, -0.15) is 5.26 Å². The van der Waals surface area contributed by atoms with Crippen LogP contribution in [0.3, 0.4) is 0 Å². The molecule has 0 bridgehead atoms. The molecular formula is C13H18N2O. The molecule has 1 fully saturated rings. The number of nitrogens with zero attached hydrogens (tertiary/aromatic N) is 2. The fraction of sp³-hybridized carbons (Fsp3) is 0.692. The second-order valence-corrected chi connectivity index (χ2v) is 4.63. The zero-order valence-corrected chi connectivity index (χ0v) is 9.99. The molecule has 0 aromatic rings. The summed E-state index contributed by atoms with van der Waals surface area (Å²) in [6.45, 7) is 4.56. The number of carbonyl (C=O) groups is 1. The van der Waals surface area contributed by atoms with Gasteiger partial charge in [0.15, 0.2) is 0 Å². The molecule has 0 radical (unpaired) electrons. The normalized spacial score (nSPS) is 18.0. The average Bonchev–Trinajstić information content (AvgIpc) is 3.10. The molecule has 0 saturated heterocycles. The second kappa shape index (κ2) is 5.03. The molecule has 3 nitrogen and oxygen atoms in total. The van der Waals surface area contributed by atoms with E-state index in [9.17, 15) is 4.79 Å². The molecular weight excluding hydrogens is 200 g/mol. The maximum absolute atomic E-state index is 12.2. The molecule has 3 heteroatoms. The van der Waals surface area contributed by atoms with Crippen molar-refractivity contribution in [2.45, 2.75) is 33.1 Å². The van der Waals surface area contributed by atoms with Crippen LogP contribution in [0, 0.1) is 35.0 Å². The molecule has 0 aromatic carbocycles. The molecule has 1 unspecified atom stereocenters. The predicted molar refractivity (Wildman–Crippen MR) is 62.1 cm³/mol. The fourth-order valence-corrected chi connectivity index (χ4v) is 1.57. The van der Waals surface area contributed by atoms with Crippen LogP contribution in [0.4, 0.5) is 0 Å². The van der Waals surface area contributed by atoms with E-state index in [1.54, 1.807) is 11.8 Å². The van der Waals surface area contributed by atoms with Crippen molar-refractivity contribution in [1.82, 2.24) is 4.90 Å². The second-order valence-electron chi connectivity index (χ2n) is 4.63. The molecule has 0 N–H and O–H groups in total. The van der Waals surface area contributed by atoms with Gasteiger partial charge in [0.2, 0.25) is 5.91 Å². The van der Waals surface area contributed by atoms with Crippen molar-refractivity contribution < 1.29 is 4.79 Å². The van der Waals surface area contributed by atoms with E-state index in [1.807, 2.05) is 6.92 Å². The fourth-order valence-electron chi connectivity index (χ4n) is 1.57. The van der Waals surface area contributed by atoms with Crippen LogP contribution in [0.15, 0.2) is 0 Å². The molecule has 1 amide bonds. The van der Waals surface area contributed by atoms with Crippen molar-refractivity contribution >= 4 is 5.91 Å². The minimum absolute atomic E-state index is 0.123. The summed E-state index contributed by atoms with van der Waals surface area (Å²) in [5.41, 5.74) is -0.925. The Labute approximate surface area is 97.4 Å². The predicted octanol–water partition coefficient (Wildman–Crippen LogP) is 1.80. The Morgan fingerprint density at radius 1 is 1.62 bits per heavy atom. The van der Waals surface area contributed by atoms with Crippen LogP contribution in [-0.4, -0.2) is 23.9 Å². The molecule has 0 aliphatic heterocycles. The molecule has 86 valence electrons. The lowest BCUT2D eigenvalue weighted by molar-refractivity contribution is -0.138. The molecule has 1 aliphatic carbocycles. The smallest absolute Gasteiger partial charge is 0.243 e. The SMILES string of the molecule is C#CCN(CC1CC1)C(=O)C(C)(C#N)CC. The van der Waals surface area contributed by atoms with Crippen LogP contribution in [0.25, 0.3) is 0 Å². The maximum Gasteiger partial charge on any atom is 0.243 e. The average molecular weight is 218 g/mol.